The standard InChI is InChI=1S/C14H20N2O2/c1-10-5-6-13(12(8-10)14(17)18-2)16-11-4-3-7-15-9-11/h5-6,8,11,15-16H,3-4,7,9H2,1-2H3. The van der Waals surface area contributed by atoms with E-state index in [0.29, 0.717) is 11.6 Å². The number of carbonyl (C=O) groups is 1. The summed E-state index contributed by atoms with van der Waals surface area (Å²) in [4.78, 5) is 11.8. The molecule has 1 atom stereocenters. The fraction of sp³-hybridized carbons (Fsp3) is 0.500. The highest BCUT2D eigenvalue weighted by atomic mass is 16.5. The van der Waals surface area contributed by atoms with E-state index in [1.165, 1.54) is 7.11 Å². The van der Waals surface area contributed by atoms with Gasteiger partial charge in [0.1, 0.15) is 0 Å². The van der Waals surface area contributed by atoms with Gasteiger partial charge in [0, 0.05) is 18.3 Å². The van der Waals surface area contributed by atoms with Crippen molar-refractivity contribution in [2.75, 3.05) is 25.5 Å². The number of benzene rings is 1. The second kappa shape index (κ2) is 5.87. The molecule has 2 N–H and O–H groups in total. The smallest absolute Gasteiger partial charge is 0.339 e. The van der Waals surface area contributed by atoms with Crippen molar-refractivity contribution in [3.05, 3.63) is 29.3 Å². The molecule has 1 aromatic rings. The summed E-state index contributed by atoms with van der Waals surface area (Å²) in [6, 6.07) is 6.20. The largest absolute Gasteiger partial charge is 0.465 e. The predicted octanol–water partition coefficient (Wildman–Crippen LogP) is 1.95. The van der Waals surface area contributed by atoms with Gasteiger partial charge in [-0.2, -0.15) is 0 Å². The molecule has 0 aromatic heterocycles. The highest BCUT2D eigenvalue weighted by molar-refractivity contribution is 5.95. The van der Waals surface area contributed by atoms with E-state index < -0.39 is 0 Å². The van der Waals surface area contributed by atoms with Crippen molar-refractivity contribution in [3.63, 3.8) is 0 Å². The van der Waals surface area contributed by atoms with Crippen LogP contribution in [0.25, 0.3) is 0 Å². The SMILES string of the molecule is COC(=O)c1cc(C)ccc1NC1CCCNC1. The zero-order valence-electron chi connectivity index (χ0n) is 11.0. The fourth-order valence-corrected chi connectivity index (χ4v) is 2.26. The van der Waals surface area contributed by atoms with Crippen LogP contribution in [-0.4, -0.2) is 32.2 Å². The molecular weight excluding hydrogens is 228 g/mol. The van der Waals surface area contributed by atoms with Crippen molar-refractivity contribution in [1.29, 1.82) is 0 Å². The van der Waals surface area contributed by atoms with Gasteiger partial charge < -0.3 is 15.4 Å². The Balaban J connectivity index is 2.17. The lowest BCUT2D eigenvalue weighted by Crippen LogP contribution is -2.38. The molecule has 2 rings (SSSR count). The van der Waals surface area contributed by atoms with Crippen LogP contribution in [0.4, 0.5) is 5.69 Å². The van der Waals surface area contributed by atoms with Crippen LogP contribution >= 0.6 is 0 Å². The molecule has 0 saturated carbocycles. The Kier molecular flexibility index (Phi) is 4.20. The van der Waals surface area contributed by atoms with E-state index in [4.69, 9.17) is 4.74 Å². The normalized spacial score (nSPS) is 19.3. The Morgan fingerprint density at radius 1 is 1.50 bits per heavy atom. The molecule has 0 spiro atoms. The van der Waals surface area contributed by atoms with Crippen LogP contribution in [0.2, 0.25) is 0 Å². The van der Waals surface area contributed by atoms with Gasteiger partial charge in [-0.05, 0) is 38.4 Å². The van der Waals surface area contributed by atoms with Gasteiger partial charge in [0.25, 0.3) is 0 Å². The first-order chi connectivity index (χ1) is 8.70. The molecular formula is C14H20N2O2. The Labute approximate surface area is 108 Å². The van der Waals surface area contributed by atoms with Crippen molar-refractivity contribution in [2.45, 2.75) is 25.8 Å². The molecule has 98 valence electrons. The van der Waals surface area contributed by atoms with Crippen LogP contribution < -0.4 is 10.6 Å². The number of piperidine rings is 1. The Morgan fingerprint density at radius 3 is 3.00 bits per heavy atom. The van der Waals surface area contributed by atoms with Crippen LogP contribution in [0.1, 0.15) is 28.8 Å². The Morgan fingerprint density at radius 2 is 2.33 bits per heavy atom. The lowest BCUT2D eigenvalue weighted by atomic mass is 10.0. The first kappa shape index (κ1) is 12.9. The molecule has 1 aromatic carbocycles. The van der Waals surface area contributed by atoms with Gasteiger partial charge >= 0.3 is 5.97 Å². The number of hydrogen-bond acceptors (Lipinski definition) is 4. The summed E-state index contributed by atoms with van der Waals surface area (Å²) in [5.41, 5.74) is 2.53. The van der Waals surface area contributed by atoms with Crippen LogP contribution in [-0.2, 0) is 4.74 Å². The minimum absolute atomic E-state index is 0.287. The highest BCUT2D eigenvalue weighted by Crippen LogP contribution is 2.20. The van der Waals surface area contributed by atoms with E-state index >= 15 is 0 Å². The average Bonchev–Trinajstić information content (AvgIpc) is 2.41. The average molecular weight is 248 g/mol. The lowest BCUT2D eigenvalue weighted by molar-refractivity contribution is 0.0601. The van der Waals surface area contributed by atoms with E-state index in [0.717, 1.165) is 37.2 Å². The first-order valence-electron chi connectivity index (χ1n) is 6.37. The van der Waals surface area contributed by atoms with E-state index in [-0.39, 0.29) is 5.97 Å². The van der Waals surface area contributed by atoms with Crippen molar-refractivity contribution in [3.8, 4) is 0 Å². The van der Waals surface area contributed by atoms with Crippen molar-refractivity contribution < 1.29 is 9.53 Å². The molecule has 4 nitrogen and oxygen atoms in total. The molecule has 0 aliphatic carbocycles. The molecule has 1 saturated heterocycles. The predicted molar refractivity (Wildman–Crippen MR) is 72.0 cm³/mol. The maximum atomic E-state index is 11.8. The lowest BCUT2D eigenvalue weighted by Gasteiger charge is -2.25. The second-order valence-electron chi connectivity index (χ2n) is 4.73. The van der Waals surface area contributed by atoms with Gasteiger partial charge in [-0.1, -0.05) is 11.6 Å². The third kappa shape index (κ3) is 3.01. The minimum Gasteiger partial charge on any atom is -0.465 e. The number of methoxy groups -OCH3 is 1. The summed E-state index contributed by atoms with van der Waals surface area (Å²) in [5, 5.41) is 6.78. The second-order valence-corrected chi connectivity index (χ2v) is 4.73. The monoisotopic (exact) mass is 248 g/mol. The third-order valence-electron chi connectivity index (χ3n) is 3.24. The zero-order chi connectivity index (χ0) is 13.0. The molecule has 1 heterocycles. The summed E-state index contributed by atoms with van der Waals surface area (Å²) in [6.07, 6.45) is 2.29. The molecule has 1 unspecified atom stereocenters. The highest BCUT2D eigenvalue weighted by Gasteiger charge is 2.17. The summed E-state index contributed by atoms with van der Waals surface area (Å²) < 4.78 is 4.83. The van der Waals surface area contributed by atoms with E-state index in [1.807, 2.05) is 25.1 Å². The van der Waals surface area contributed by atoms with Crippen LogP contribution in [0.3, 0.4) is 0 Å². The van der Waals surface area contributed by atoms with Gasteiger partial charge in [-0.15, -0.1) is 0 Å². The molecule has 0 amide bonds. The molecule has 0 bridgehead atoms. The summed E-state index contributed by atoms with van der Waals surface area (Å²) in [6.45, 7) is 3.99. The van der Waals surface area contributed by atoms with Crippen LogP contribution in [0.5, 0.6) is 0 Å². The number of carbonyl (C=O) groups excluding carboxylic acids is 1. The van der Waals surface area contributed by atoms with Crippen molar-refractivity contribution in [2.24, 2.45) is 0 Å². The number of aryl methyl sites for hydroxylation is 1. The number of ether oxygens (including phenoxy) is 1. The number of anilines is 1. The van der Waals surface area contributed by atoms with E-state index in [9.17, 15) is 4.79 Å². The zero-order valence-corrected chi connectivity index (χ0v) is 11.0. The quantitative estimate of drug-likeness (QED) is 0.803. The topological polar surface area (TPSA) is 50.4 Å². The summed E-state index contributed by atoms with van der Waals surface area (Å²) in [7, 11) is 1.41. The molecule has 1 aliphatic rings. The molecule has 1 aliphatic heterocycles. The van der Waals surface area contributed by atoms with E-state index in [1.54, 1.807) is 0 Å². The summed E-state index contributed by atoms with van der Waals surface area (Å²) in [5.74, 6) is -0.287. The van der Waals surface area contributed by atoms with Gasteiger partial charge in [-0.25, -0.2) is 4.79 Å². The number of esters is 1. The first-order valence-corrected chi connectivity index (χ1v) is 6.37. The number of rotatable bonds is 3. The minimum atomic E-state index is -0.287. The molecule has 0 radical (unpaired) electrons. The third-order valence-corrected chi connectivity index (χ3v) is 3.24. The molecule has 4 heteroatoms. The number of hydrogen-bond donors (Lipinski definition) is 2. The summed E-state index contributed by atoms with van der Waals surface area (Å²) >= 11 is 0. The van der Waals surface area contributed by atoms with Crippen LogP contribution in [0, 0.1) is 6.92 Å². The molecule has 18 heavy (non-hydrogen) atoms. The molecule has 1 fully saturated rings. The fourth-order valence-electron chi connectivity index (χ4n) is 2.26. The van der Waals surface area contributed by atoms with Gasteiger partial charge in [-0.3, -0.25) is 0 Å². The van der Waals surface area contributed by atoms with Crippen molar-refractivity contribution in [1.82, 2.24) is 5.32 Å². The van der Waals surface area contributed by atoms with Crippen LogP contribution in [0.15, 0.2) is 18.2 Å². The maximum absolute atomic E-state index is 11.8. The van der Waals surface area contributed by atoms with Gasteiger partial charge in [0.2, 0.25) is 0 Å². The maximum Gasteiger partial charge on any atom is 0.339 e. The van der Waals surface area contributed by atoms with Gasteiger partial charge in [0.15, 0.2) is 0 Å². The van der Waals surface area contributed by atoms with E-state index in [2.05, 4.69) is 10.6 Å². The Bertz CT molecular complexity index is 426. The Hall–Kier alpha value is -1.55. The van der Waals surface area contributed by atoms with Crippen molar-refractivity contribution >= 4 is 11.7 Å². The number of nitrogens with one attached hydrogen (secondary N) is 2. The van der Waals surface area contributed by atoms with Gasteiger partial charge in [0.05, 0.1) is 12.7 Å².